The van der Waals surface area contributed by atoms with Crippen LogP contribution in [0.2, 0.25) is 0 Å². The van der Waals surface area contributed by atoms with Crippen molar-refractivity contribution in [2.45, 2.75) is 49.4 Å². The topological polar surface area (TPSA) is 133 Å². The summed E-state index contributed by atoms with van der Waals surface area (Å²) >= 11 is 0. The quantitative estimate of drug-likeness (QED) is 0.545. The number of aromatic nitrogens is 3. The van der Waals surface area contributed by atoms with E-state index in [1.165, 1.54) is 6.42 Å². The number of anilines is 2. The molecule has 4 aliphatic heterocycles. The molecular formula is C21H28F3N7O4. The van der Waals surface area contributed by atoms with Crippen LogP contribution in [0.4, 0.5) is 29.9 Å². The number of alkyl halides is 3. The highest BCUT2D eigenvalue weighted by molar-refractivity contribution is 5.73. The van der Waals surface area contributed by atoms with Crippen LogP contribution in [-0.4, -0.2) is 88.7 Å². The summed E-state index contributed by atoms with van der Waals surface area (Å²) in [6.45, 7) is 5.84. The molecule has 5 aliphatic rings. The standard InChI is InChI=1S/C19H27N7O2.C2HF3O2/c27-17-24-18(2-1-3-18)19(28-17)4-6-25(7-5-19)15-21-12-22-16(23-15)26-10-13-8-20-9-14(13)11-26;3-2(4,5)1(6)7/h12-14,20H,1-11H2,(H,24,27);(H,6,7)/t13-,14+;. The lowest BCUT2D eigenvalue weighted by Gasteiger charge is -2.51. The highest BCUT2D eigenvalue weighted by Crippen LogP contribution is 2.51. The number of amides is 1. The number of halogens is 3. The van der Waals surface area contributed by atoms with Gasteiger partial charge in [-0.25, -0.2) is 19.6 Å². The molecular weight excluding hydrogens is 471 g/mol. The molecule has 14 heteroatoms. The Morgan fingerprint density at radius 1 is 1.06 bits per heavy atom. The maximum atomic E-state index is 12.0. The average Bonchev–Trinajstić information content (AvgIpc) is 3.46. The maximum Gasteiger partial charge on any atom is 0.490 e. The zero-order valence-electron chi connectivity index (χ0n) is 19.1. The van der Waals surface area contributed by atoms with Gasteiger partial charge >= 0.3 is 18.2 Å². The molecule has 11 nitrogen and oxygen atoms in total. The number of alkyl carbamates (subject to hydrolysis) is 1. The van der Waals surface area contributed by atoms with Gasteiger partial charge in [0.15, 0.2) is 0 Å². The smallest absolute Gasteiger partial charge is 0.475 e. The summed E-state index contributed by atoms with van der Waals surface area (Å²) in [6.07, 6.45) is 1.18. The molecule has 2 atom stereocenters. The van der Waals surface area contributed by atoms with Crippen LogP contribution in [0.5, 0.6) is 0 Å². The van der Waals surface area contributed by atoms with Crippen molar-refractivity contribution in [1.29, 1.82) is 0 Å². The summed E-state index contributed by atoms with van der Waals surface area (Å²) < 4.78 is 37.6. The fourth-order valence-electron chi connectivity index (χ4n) is 5.97. The van der Waals surface area contributed by atoms with E-state index in [0.29, 0.717) is 11.8 Å². The Bertz CT molecular complexity index is 970. The van der Waals surface area contributed by atoms with Crippen molar-refractivity contribution < 1.29 is 32.6 Å². The number of carbonyl (C=O) groups is 2. The summed E-state index contributed by atoms with van der Waals surface area (Å²) in [4.78, 5) is 39.1. The number of carboxylic acid groups (broad SMARTS) is 1. The van der Waals surface area contributed by atoms with E-state index in [1.54, 1.807) is 6.33 Å². The lowest BCUT2D eigenvalue weighted by Crippen LogP contribution is -2.64. The monoisotopic (exact) mass is 499 g/mol. The third-order valence-electron chi connectivity index (χ3n) is 8.02. The summed E-state index contributed by atoms with van der Waals surface area (Å²) in [7, 11) is 0. The Balaban J connectivity index is 0.000000320. The molecule has 0 radical (unpaired) electrons. The van der Waals surface area contributed by atoms with Gasteiger partial charge in [0.05, 0.1) is 5.54 Å². The maximum absolute atomic E-state index is 12.0. The van der Waals surface area contributed by atoms with E-state index in [-0.39, 0.29) is 17.2 Å². The Morgan fingerprint density at radius 3 is 2.14 bits per heavy atom. The van der Waals surface area contributed by atoms with Crippen LogP contribution in [0, 0.1) is 11.8 Å². The molecule has 2 spiro atoms. The predicted molar refractivity (Wildman–Crippen MR) is 116 cm³/mol. The molecule has 5 heterocycles. The molecule has 1 aromatic heterocycles. The Labute approximate surface area is 199 Å². The second-order valence-corrected chi connectivity index (χ2v) is 9.90. The number of nitrogens with zero attached hydrogens (tertiary/aromatic N) is 5. The minimum absolute atomic E-state index is 0.137. The number of ether oxygens (including phenoxy) is 1. The number of carboxylic acids is 1. The largest absolute Gasteiger partial charge is 0.490 e. The van der Waals surface area contributed by atoms with Crippen LogP contribution in [-0.2, 0) is 9.53 Å². The fraction of sp³-hybridized carbons (Fsp3) is 0.762. The Kier molecular flexibility index (Phi) is 5.88. The van der Waals surface area contributed by atoms with E-state index >= 15 is 0 Å². The van der Waals surface area contributed by atoms with Gasteiger partial charge in [-0.15, -0.1) is 0 Å². The highest BCUT2D eigenvalue weighted by atomic mass is 19.4. The van der Waals surface area contributed by atoms with Crippen LogP contribution < -0.4 is 20.4 Å². The third kappa shape index (κ3) is 4.32. The molecule has 5 fully saturated rings. The van der Waals surface area contributed by atoms with Gasteiger partial charge in [-0.3, -0.25) is 0 Å². The number of rotatable bonds is 2. The van der Waals surface area contributed by atoms with Gasteiger partial charge in [-0.1, -0.05) is 0 Å². The molecule has 192 valence electrons. The Morgan fingerprint density at radius 2 is 1.63 bits per heavy atom. The minimum atomic E-state index is -5.08. The molecule has 0 unspecified atom stereocenters. The van der Waals surface area contributed by atoms with Gasteiger partial charge in [-0.2, -0.15) is 18.2 Å². The van der Waals surface area contributed by atoms with Crippen molar-refractivity contribution in [2.24, 2.45) is 11.8 Å². The molecule has 0 bridgehead atoms. The fourth-order valence-corrected chi connectivity index (χ4v) is 5.97. The van der Waals surface area contributed by atoms with E-state index in [1.807, 2.05) is 0 Å². The lowest BCUT2D eigenvalue weighted by atomic mass is 9.62. The summed E-state index contributed by atoms with van der Waals surface area (Å²) in [5.41, 5.74) is -0.490. The van der Waals surface area contributed by atoms with Crippen LogP contribution in [0.1, 0.15) is 32.1 Å². The van der Waals surface area contributed by atoms with E-state index in [4.69, 9.17) is 19.6 Å². The first-order chi connectivity index (χ1) is 16.6. The summed E-state index contributed by atoms with van der Waals surface area (Å²) in [5, 5.41) is 13.7. The zero-order chi connectivity index (χ0) is 24.8. The van der Waals surface area contributed by atoms with Crippen molar-refractivity contribution >= 4 is 24.0 Å². The van der Waals surface area contributed by atoms with E-state index in [9.17, 15) is 18.0 Å². The first-order valence-corrected chi connectivity index (χ1v) is 11.8. The van der Waals surface area contributed by atoms with Crippen LogP contribution in [0.3, 0.4) is 0 Å². The number of hydrogen-bond acceptors (Lipinski definition) is 9. The number of nitrogens with one attached hydrogen (secondary N) is 2. The van der Waals surface area contributed by atoms with Gasteiger partial charge in [0.25, 0.3) is 0 Å². The molecule has 3 N–H and O–H groups in total. The number of carbonyl (C=O) groups excluding carboxylic acids is 1. The molecule has 1 amide bonds. The second-order valence-electron chi connectivity index (χ2n) is 9.90. The van der Waals surface area contributed by atoms with E-state index in [0.717, 1.165) is 76.8 Å². The lowest BCUT2D eigenvalue weighted by molar-refractivity contribution is -0.192. The molecule has 4 saturated heterocycles. The second kappa shape index (κ2) is 8.64. The SMILES string of the molecule is O=C(O)C(F)(F)F.O=C1NC2(CCC2)C2(CCN(c3ncnc(N4C[C@H]5CNC[C@H]5C4)n3)CC2)O1. The summed E-state index contributed by atoms with van der Waals surface area (Å²) in [5.74, 6) is 0.197. The average molecular weight is 499 g/mol. The highest BCUT2D eigenvalue weighted by Gasteiger charge is 2.63. The van der Waals surface area contributed by atoms with Crippen molar-refractivity contribution in [1.82, 2.24) is 25.6 Å². The van der Waals surface area contributed by atoms with Crippen molar-refractivity contribution in [3.8, 4) is 0 Å². The molecule has 6 rings (SSSR count). The number of hydrogen-bond donors (Lipinski definition) is 3. The van der Waals surface area contributed by atoms with E-state index < -0.39 is 12.1 Å². The Hall–Kier alpha value is -2.90. The molecule has 0 aromatic carbocycles. The molecule has 1 aromatic rings. The molecule has 35 heavy (non-hydrogen) atoms. The predicted octanol–water partition coefficient (Wildman–Crippen LogP) is 1.16. The van der Waals surface area contributed by atoms with Crippen LogP contribution in [0.25, 0.3) is 0 Å². The van der Waals surface area contributed by atoms with Gasteiger partial charge < -0.3 is 30.3 Å². The minimum Gasteiger partial charge on any atom is -0.475 e. The number of fused-ring (bicyclic) bond motifs is 2. The van der Waals surface area contributed by atoms with Crippen molar-refractivity contribution in [3.05, 3.63) is 6.33 Å². The van der Waals surface area contributed by atoms with Gasteiger partial charge in [0, 0.05) is 52.1 Å². The van der Waals surface area contributed by atoms with E-state index in [2.05, 4.69) is 30.4 Å². The molecule has 1 aliphatic carbocycles. The van der Waals surface area contributed by atoms with Gasteiger partial charge in [0.2, 0.25) is 11.9 Å². The first-order valence-electron chi connectivity index (χ1n) is 11.8. The normalized spacial score (nSPS) is 28.1. The number of aliphatic carboxylic acids is 1. The van der Waals surface area contributed by atoms with Crippen molar-refractivity contribution in [3.63, 3.8) is 0 Å². The molecule has 1 saturated carbocycles. The van der Waals surface area contributed by atoms with Crippen LogP contribution in [0.15, 0.2) is 6.33 Å². The van der Waals surface area contributed by atoms with Gasteiger partial charge in [0.1, 0.15) is 11.9 Å². The summed E-state index contributed by atoms with van der Waals surface area (Å²) in [6, 6.07) is 0. The van der Waals surface area contributed by atoms with Crippen LogP contribution >= 0.6 is 0 Å². The third-order valence-corrected chi connectivity index (χ3v) is 8.02. The first kappa shape index (κ1) is 23.8. The van der Waals surface area contributed by atoms with Crippen molar-refractivity contribution in [2.75, 3.05) is 49.1 Å². The zero-order valence-corrected chi connectivity index (χ0v) is 19.1. The van der Waals surface area contributed by atoms with Gasteiger partial charge in [-0.05, 0) is 31.1 Å². The number of piperidine rings is 1.